The van der Waals surface area contributed by atoms with E-state index in [0.29, 0.717) is 16.5 Å². The van der Waals surface area contributed by atoms with E-state index in [1.54, 1.807) is 13.2 Å². The molecule has 6 heteroatoms. The number of hydrogen-bond donors (Lipinski definition) is 2. The number of aromatic nitrogens is 1. The molecule has 1 heterocycles. The van der Waals surface area contributed by atoms with Gasteiger partial charge in [0.2, 0.25) is 0 Å². The normalized spacial score (nSPS) is 10.2. The van der Waals surface area contributed by atoms with Gasteiger partial charge in [0.25, 0.3) is 0 Å². The zero-order valence-electron chi connectivity index (χ0n) is 9.58. The molecule has 0 radical (unpaired) electrons. The van der Waals surface area contributed by atoms with Gasteiger partial charge in [-0.25, -0.2) is 4.98 Å². The lowest BCUT2D eigenvalue weighted by Gasteiger charge is -2.10. The van der Waals surface area contributed by atoms with Crippen molar-refractivity contribution in [2.45, 2.75) is 0 Å². The van der Waals surface area contributed by atoms with Gasteiger partial charge in [0.1, 0.15) is 5.75 Å². The fourth-order valence-corrected chi connectivity index (χ4v) is 2.01. The lowest BCUT2D eigenvalue weighted by atomic mass is 10.3. The number of nitrogens with one attached hydrogen (secondary N) is 1. The number of pyridine rings is 1. The van der Waals surface area contributed by atoms with Crippen molar-refractivity contribution in [1.29, 1.82) is 0 Å². The number of anilines is 3. The van der Waals surface area contributed by atoms with Gasteiger partial charge >= 0.3 is 0 Å². The minimum absolute atomic E-state index is 0.490. The van der Waals surface area contributed by atoms with Gasteiger partial charge in [0.15, 0.2) is 5.82 Å². The summed E-state index contributed by atoms with van der Waals surface area (Å²) in [5.74, 6) is 1.29. The van der Waals surface area contributed by atoms with Crippen LogP contribution in [-0.2, 0) is 0 Å². The molecule has 0 spiro atoms. The van der Waals surface area contributed by atoms with Crippen LogP contribution in [0, 0.1) is 0 Å². The Kier molecular flexibility index (Phi) is 3.93. The Bertz CT molecular complexity index is 577. The van der Waals surface area contributed by atoms with Crippen LogP contribution in [0.25, 0.3) is 0 Å². The molecule has 3 N–H and O–H groups in total. The molecule has 0 aliphatic heterocycles. The molecule has 0 saturated heterocycles. The van der Waals surface area contributed by atoms with Crippen molar-refractivity contribution in [2.75, 3.05) is 18.2 Å². The first-order valence-electron chi connectivity index (χ1n) is 5.11. The smallest absolute Gasteiger partial charge is 0.153 e. The van der Waals surface area contributed by atoms with Crippen molar-refractivity contribution in [2.24, 2.45) is 0 Å². The van der Waals surface area contributed by atoms with Gasteiger partial charge in [0, 0.05) is 18.0 Å². The molecule has 0 aliphatic rings. The minimum Gasteiger partial charge on any atom is -0.495 e. The van der Waals surface area contributed by atoms with E-state index in [2.05, 4.69) is 26.2 Å². The monoisotopic (exact) mass is 327 g/mol. The first-order valence-corrected chi connectivity index (χ1v) is 6.29. The van der Waals surface area contributed by atoms with Gasteiger partial charge in [-0.15, -0.1) is 0 Å². The Balaban J connectivity index is 2.28. The SMILES string of the molecule is COc1cc(Nc2ncc(Cl)cc2N)ccc1Br. The Labute approximate surface area is 118 Å². The first-order chi connectivity index (χ1) is 8.60. The summed E-state index contributed by atoms with van der Waals surface area (Å²) in [6.45, 7) is 0. The Morgan fingerprint density at radius 2 is 2.17 bits per heavy atom. The number of halogens is 2. The van der Waals surface area contributed by atoms with Gasteiger partial charge in [-0.2, -0.15) is 0 Å². The average Bonchev–Trinajstić information content (AvgIpc) is 2.35. The van der Waals surface area contributed by atoms with Gasteiger partial charge < -0.3 is 15.8 Å². The molecule has 0 aliphatic carbocycles. The fraction of sp³-hybridized carbons (Fsp3) is 0.0833. The van der Waals surface area contributed by atoms with E-state index < -0.39 is 0 Å². The zero-order chi connectivity index (χ0) is 13.1. The number of rotatable bonds is 3. The lowest BCUT2D eigenvalue weighted by Crippen LogP contribution is -1.99. The molecule has 0 saturated carbocycles. The van der Waals surface area contributed by atoms with Crippen LogP contribution in [0.15, 0.2) is 34.9 Å². The van der Waals surface area contributed by atoms with Gasteiger partial charge in [0.05, 0.1) is 22.3 Å². The van der Waals surface area contributed by atoms with E-state index in [9.17, 15) is 0 Å². The van der Waals surface area contributed by atoms with Crippen molar-refractivity contribution in [3.63, 3.8) is 0 Å². The number of ether oxygens (including phenoxy) is 1. The molecular formula is C12H11BrClN3O. The second-order valence-corrected chi connectivity index (χ2v) is 4.86. The number of methoxy groups -OCH3 is 1. The van der Waals surface area contributed by atoms with Crippen molar-refractivity contribution in [3.05, 3.63) is 40.0 Å². The summed E-state index contributed by atoms with van der Waals surface area (Å²) >= 11 is 9.18. The fourth-order valence-electron chi connectivity index (χ4n) is 1.43. The van der Waals surface area contributed by atoms with Gasteiger partial charge in [-0.1, -0.05) is 11.6 Å². The van der Waals surface area contributed by atoms with Crippen molar-refractivity contribution < 1.29 is 4.74 Å². The van der Waals surface area contributed by atoms with Crippen LogP contribution in [0.4, 0.5) is 17.2 Å². The summed E-state index contributed by atoms with van der Waals surface area (Å²) in [4.78, 5) is 4.13. The van der Waals surface area contributed by atoms with Crippen molar-refractivity contribution in [1.82, 2.24) is 4.98 Å². The van der Waals surface area contributed by atoms with Crippen molar-refractivity contribution >= 4 is 44.7 Å². The second kappa shape index (κ2) is 5.46. The highest BCUT2D eigenvalue weighted by molar-refractivity contribution is 9.10. The molecule has 0 amide bonds. The molecule has 2 rings (SSSR count). The quantitative estimate of drug-likeness (QED) is 0.899. The Morgan fingerprint density at radius 3 is 2.83 bits per heavy atom. The maximum Gasteiger partial charge on any atom is 0.153 e. The summed E-state index contributed by atoms with van der Waals surface area (Å²) in [6, 6.07) is 7.27. The average molecular weight is 329 g/mol. The topological polar surface area (TPSA) is 60.2 Å². The van der Waals surface area contributed by atoms with Crippen LogP contribution < -0.4 is 15.8 Å². The van der Waals surface area contributed by atoms with E-state index in [0.717, 1.165) is 15.9 Å². The molecule has 0 fully saturated rings. The standard InChI is InChI=1S/C12H11BrClN3O/c1-18-11-5-8(2-3-9(11)13)17-12-10(15)4-7(14)6-16-12/h2-6H,15H2,1H3,(H,16,17). The predicted molar refractivity (Wildman–Crippen MR) is 77.6 cm³/mol. The molecule has 0 atom stereocenters. The second-order valence-electron chi connectivity index (χ2n) is 3.57. The summed E-state index contributed by atoms with van der Waals surface area (Å²) in [5.41, 5.74) is 7.14. The van der Waals surface area contributed by atoms with E-state index in [4.69, 9.17) is 22.1 Å². The molecular weight excluding hydrogens is 318 g/mol. The van der Waals surface area contributed by atoms with Crippen molar-refractivity contribution in [3.8, 4) is 5.75 Å². The molecule has 1 aromatic heterocycles. The largest absolute Gasteiger partial charge is 0.495 e. The van der Waals surface area contributed by atoms with Crippen LogP contribution in [0.1, 0.15) is 0 Å². The first kappa shape index (κ1) is 13.0. The number of nitrogen functional groups attached to an aromatic ring is 1. The lowest BCUT2D eigenvalue weighted by molar-refractivity contribution is 0.412. The molecule has 18 heavy (non-hydrogen) atoms. The summed E-state index contributed by atoms with van der Waals surface area (Å²) in [6.07, 6.45) is 1.54. The third-order valence-corrected chi connectivity index (χ3v) is 3.16. The van der Waals surface area contributed by atoms with Crippen LogP contribution >= 0.6 is 27.5 Å². The molecule has 1 aromatic carbocycles. The molecule has 0 unspecified atom stereocenters. The Morgan fingerprint density at radius 1 is 1.39 bits per heavy atom. The third kappa shape index (κ3) is 2.86. The van der Waals surface area contributed by atoms with Crippen LogP contribution in [0.2, 0.25) is 5.02 Å². The maximum atomic E-state index is 5.82. The van der Waals surface area contributed by atoms with E-state index >= 15 is 0 Å². The molecule has 0 bridgehead atoms. The third-order valence-electron chi connectivity index (χ3n) is 2.30. The number of hydrogen-bond acceptors (Lipinski definition) is 4. The Hall–Kier alpha value is -1.46. The number of nitrogens with zero attached hydrogens (tertiary/aromatic N) is 1. The van der Waals surface area contributed by atoms with Gasteiger partial charge in [-0.3, -0.25) is 0 Å². The summed E-state index contributed by atoms with van der Waals surface area (Å²) in [7, 11) is 1.61. The van der Waals surface area contributed by atoms with E-state index in [-0.39, 0.29) is 0 Å². The van der Waals surface area contributed by atoms with Crippen LogP contribution in [-0.4, -0.2) is 12.1 Å². The predicted octanol–water partition coefficient (Wildman–Crippen LogP) is 3.83. The maximum absolute atomic E-state index is 5.82. The molecule has 2 aromatic rings. The number of benzene rings is 1. The minimum atomic E-state index is 0.490. The van der Waals surface area contributed by atoms with E-state index in [1.165, 1.54) is 6.20 Å². The highest BCUT2D eigenvalue weighted by Gasteiger charge is 2.05. The van der Waals surface area contributed by atoms with Crippen LogP contribution in [0.5, 0.6) is 5.75 Å². The highest BCUT2D eigenvalue weighted by Crippen LogP contribution is 2.30. The summed E-state index contributed by atoms with van der Waals surface area (Å²) < 4.78 is 6.10. The van der Waals surface area contributed by atoms with E-state index in [1.807, 2.05) is 18.2 Å². The van der Waals surface area contributed by atoms with Crippen LogP contribution in [0.3, 0.4) is 0 Å². The molecule has 94 valence electrons. The number of nitrogens with two attached hydrogens (primary N) is 1. The highest BCUT2D eigenvalue weighted by atomic mass is 79.9. The van der Waals surface area contributed by atoms with Gasteiger partial charge in [-0.05, 0) is 34.1 Å². The zero-order valence-corrected chi connectivity index (χ0v) is 11.9. The summed E-state index contributed by atoms with van der Waals surface area (Å²) in [5, 5.41) is 3.61. The molecule has 4 nitrogen and oxygen atoms in total.